The zero-order valence-electron chi connectivity index (χ0n) is 9.13. The van der Waals surface area contributed by atoms with Gasteiger partial charge < -0.3 is 0 Å². The van der Waals surface area contributed by atoms with E-state index in [-0.39, 0.29) is 11.2 Å². The van der Waals surface area contributed by atoms with Crippen LogP contribution in [-0.2, 0) is 5.41 Å². The summed E-state index contributed by atoms with van der Waals surface area (Å²) in [7, 11) is 0. The molecule has 1 aliphatic carbocycles. The Balaban J connectivity index is 2.65. The number of hydrogen-bond acceptors (Lipinski definition) is 1. The zero-order chi connectivity index (χ0) is 11.1. The molecule has 1 aromatic carbocycles. The number of Topliss-reactive ketones (excluding diaryl/α,β-unsaturated/α-hetero) is 1. The smallest absolute Gasteiger partial charge is 0.163 e. The van der Waals surface area contributed by atoms with Crippen LogP contribution < -0.4 is 0 Å². The van der Waals surface area contributed by atoms with Crippen LogP contribution in [0.1, 0.15) is 48.2 Å². The lowest BCUT2D eigenvalue weighted by Crippen LogP contribution is -2.27. The van der Waals surface area contributed by atoms with Gasteiger partial charge in [-0.25, -0.2) is 0 Å². The molecule has 2 rings (SSSR count). The van der Waals surface area contributed by atoms with Crippen molar-refractivity contribution in [2.75, 3.05) is 0 Å². The largest absolute Gasteiger partial charge is 0.294 e. The highest BCUT2D eigenvalue weighted by atomic mass is 16.1. The van der Waals surface area contributed by atoms with Gasteiger partial charge in [0.15, 0.2) is 5.78 Å². The standard InChI is InChI=1S/C14H14O/c1-4-10-5-6-11-12(9-10)14(2,3)8-7-13(11)15/h1,5-6,9H,7-8H2,2-3H3. The fraction of sp³-hybridized carbons (Fsp3) is 0.357. The second-order valence-electron chi connectivity index (χ2n) is 4.71. The number of terminal acetylenes is 1. The predicted molar refractivity (Wildman–Crippen MR) is 61.0 cm³/mol. The summed E-state index contributed by atoms with van der Waals surface area (Å²) in [5, 5.41) is 0. The van der Waals surface area contributed by atoms with E-state index < -0.39 is 0 Å². The van der Waals surface area contributed by atoms with E-state index in [4.69, 9.17) is 6.42 Å². The minimum atomic E-state index is 0.0656. The number of ketones is 1. The summed E-state index contributed by atoms with van der Waals surface area (Å²) in [6.45, 7) is 4.33. The SMILES string of the molecule is C#Cc1ccc2c(c1)C(C)(C)CCC2=O. The Morgan fingerprint density at radius 1 is 1.40 bits per heavy atom. The van der Waals surface area contributed by atoms with Crippen molar-refractivity contribution in [3.63, 3.8) is 0 Å². The number of hydrogen-bond donors (Lipinski definition) is 0. The summed E-state index contributed by atoms with van der Waals surface area (Å²) >= 11 is 0. The molecule has 0 atom stereocenters. The third-order valence-electron chi connectivity index (χ3n) is 3.19. The molecule has 0 unspecified atom stereocenters. The van der Waals surface area contributed by atoms with E-state index in [0.717, 1.165) is 23.1 Å². The number of rotatable bonds is 0. The molecule has 1 aliphatic rings. The molecular weight excluding hydrogens is 184 g/mol. The van der Waals surface area contributed by atoms with Gasteiger partial charge in [0.1, 0.15) is 0 Å². The minimum Gasteiger partial charge on any atom is -0.294 e. The fourth-order valence-electron chi connectivity index (χ4n) is 2.13. The van der Waals surface area contributed by atoms with Gasteiger partial charge in [-0.05, 0) is 35.6 Å². The van der Waals surface area contributed by atoms with Crippen molar-refractivity contribution in [2.45, 2.75) is 32.1 Å². The van der Waals surface area contributed by atoms with Crippen LogP contribution >= 0.6 is 0 Å². The Hall–Kier alpha value is -1.55. The lowest BCUT2D eigenvalue weighted by Gasteiger charge is -2.31. The molecule has 76 valence electrons. The first-order valence-corrected chi connectivity index (χ1v) is 5.19. The topological polar surface area (TPSA) is 17.1 Å². The summed E-state index contributed by atoms with van der Waals surface area (Å²) < 4.78 is 0. The van der Waals surface area contributed by atoms with Gasteiger partial charge in [0.05, 0.1) is 0 Å². The van der Waals surface area contributed by atoms with Gasteiger partial charge in [0.25, 0.3) is 0 Å². The van der Waals surface area contributed by atoms with E-state index in [1.165, 1.54) is 0 Å². The molecule has 1 aromatic rings. The Morgan fingerprint density at radius 2 is 2.13 bits per heavy atom. The quantitative estimate of drug-likeness (QED) is 0.586. The molecule has 0 spiro atoms. The molecule has 0 fully saturated rings. The van der Waals surface area contributed by atoms with Crippen molar-refractivity contribution in [3.05, 3.63) is 34.9 Å². The minimum absolute atomic E-state index is 0.0656. The maximum atomic E-state index is 11.7. The molecule has 0 saturated heterocycles. The molecule has 15 heavy (non-hydrogen) atoms. The lowest BCUT2D eigenvalue weighted by atomic mass is 9.72. The Kier molecular flexibility index (Phi) is 2.16. The van der Waals surface area contributed by atoms with Crippen LogP contribution in [0.3, 0.4) is 0 Å². The molecular formula is C14H14O. The average Bonchev–Trinajstić information content (AvgIpc) is 2.24. The highest BCUT2D eigenvalue weighted by molar-refractivity contribution is 5.99. The second-order valence-corrected chi connectivity index (χ2v) is 4.71. The first-order chi connectivity index (χ1) is 7.04. The number of fused-ring (bicyclic) bond motifs is 1. The summed E-state index contributed by atoms with van der Waals surface area (Å²) in [6.07, 6.45) is 6.93. The van der Waals surface area contributed by atoms with Crippen molar-refractivity contribution < 1.29 is 4.79 Å². The molecule has 0 aliphatic heterocycles. The van der Waals surface area contributed by atoms with Crippen molar-refractivity contribution in [1.82, 2.24) is 0 Å². The van der Waals surface area contributed by atoms with Gasteiger partial charge in [-0.15, -0.1) is 6.42 Å². The Labute approximate surface area is 90.5 Å². The molecule has 0 radical (unpaired) electrons. The van der Waals surface area contributed by atoms with Gasteiger partial charge in [0, 0.05) is 17.5 Å². The van der Waals surface area contributed by atoms with Crippen LogP contribution in [-0.4, -0.2) is 5.78 Å². The summed E-state index contributed by atoms with van der Waals surface area (Å²) in [4.78, 5) is 11.7. The van der Waals surface area contributed by atoms with Crippen molar-refractivity contribution in [1.29, 1.82) is 0 Å². The first-order valence-electron chi connectivity index (χ1n) is 5.19. The van der Waals surface area contributed by atoms with E-state index in [1.54, 1.807) is 0 Å². The Bertz CT molecular complexity index is 461. The average molecular weight is 198 g/mol. The van der Waals surface area contributed by atoms with E-state index >= 15 is 0 Å². The summed E-state index contributed by atoms with van der Waals surface area (Å²) in [5.41, 5.74) is 2.88. The van der Waals surface area contributed by atoms with Crippen molar-refractivity contribution in [2.24, 2.45) is 0 Å². The third kappa shape index (κ3) is 1.57. The van der Waals surface area contributed by atoms with Crippen LogP contribution in [0, 0.1) is 12.3 Å². The summed E-state index contributed by atoms with van der Waals surface area (Å²) in [5.74, 6) is 2.86. The molecule has 1 heteroatoms. The number of benzene rings is 1. The van der Waals surface area contributed by atoms with Gasteiger partial charge in [0.2, 0.25) is 0 Å². The predicted octanol–water partition coefficient (Wildman–Crippen LogP) is 2.92. The van der Waals surface area contributed by atoms with Crippen LogP contribution in [0.5, 0.6) is 0 Å². The molecule has 0 bridgehead atoms. The van der Waals surface area contributed by atoms with E-state index in [2.05, 4.69) is 19.8 Å². The van der Waals surface area contributed by atoms with Gasteiger partial charge in [-0.2, -0.15) is 0 Å². The third-order valence-corrected chi connectivity index (χ3v) is 3.19. The molecule has 0 saturated carbocycles. The molecule has 0 amide bonds. The van der Waals surface area contributed by atoms with E-state index in [0.29, 0.717) is 6.42 Å². The van der Waals surface area contributed by atoms with E-state index in [1.807, 2.05) is 18.2 Å². The molecule has 0 N–H and O–H groups in total. The maximum Gasteiger partial charge on any atom is 0.163 e. The lowest BCUT2D eigenvalue weighted by molar-refractivity contribution is 0.0957. The highest BCUT2D eigenvalue weighted by Gasteiger charge is 2.31. The molecule has 1 nitrogen and oxygen atoms in total. The maximum absolute atomic E-state index is 11.7. The van der Waals surface area contributed by atoms with Gasteiger partial charge >= 0.3 is 0 Å². The fourth-order valence-corrected chi connectivity index (χ4v) is 2.13. The van der Waals surface area contributed by atoms with Crippen molar-refractivity contribution in [3.8, 4) is 12.3 Å². The zero-order valence-corrected chi connectivity index (χ0v) is 9.13. The van der Waals surface area contributed by atoms with Crippen LogP contribution in [0.4, 0.5) is 0 Å². The second kappa shape index (κ2) is 3.24. The highest BCUT2D eigenvalue weighted by Crippen LogP contribution is 2.36. The molecule has 0 aromatic heterocycles. The van der Waals surface area contributed by atoms with E-state index in [9.17, 15) is 4.79 Å². The normalized spacial score (nSPS) is 18.1. The summed E-state index contributed by atoms with van der Waals surface area (Å²) in [6, 6.07) is 5.69. The van der Waals surface area contributed by atoms with Crippen LogP contribution in [0.25, 0.3) is 0 Å². The number of carbonyl (C=O) groups is 1. The van der Waals surface area contributed by atoms with Crippen LogP contribution in [0.2, 0.25) is 0 Å². The van der Waals surface area contributed by atoms with Crippen molar-refractivity contribution >= 4 is 5.78 Å². The van der Waals surface area contributed by atoms with Gasteiger partial charge in [-0.3, -0.25) is 4.79 Å². The first kappa shape index (κ1) is 9.98. The monoisotopic (exact) mass is 198 g/mol. The number of carbonyl (C=O) groups excluding carboxylic acids is 1. The van der Waals surface area contributed by atoms with Crippen LogP contribution in [0.15, 0.2) is 18.2 Å². The molecule has 0 heterocycles. The van der Waals surface area contributed by atoms with Gasteiger partial charge in [-0.1, -0.05) is 19.8 Å². The Morgan fingerprint density at radius 3 is 2.80 bits per heavy atom.